The molecule has 0 spiro atoms. The molecule has 1 N–H and O–H groups in total. The fourth-order valence-electron chi connectivity index (χ4n) is 1.12. The summed E-state index contributed by atoms with van der Waals surface area (Å²) in [7, 11) is -3.32. The first-order chi connectivity index (χ1) is 6.99. The Balaban J connectivity index is 3.25. The van der Waals surface area contributed by atoms with Gasteiger partial charge in [-0.3, -0.25) is 0 Å². The van der Waals surface area contributed by atoms with E-state index >= 15 is 0 Å². The van der Waals surface area contributed by atoms with Gasteiger partial charge in [0, 0.05) is 18.0 Å². The molecule has 0 fully saturated rings. The third-order valence-corrected chi connectivity index (χ3v) is 2.89. The summed E-state index contributed by atoms with van der Waals surface area (Å²) in [5.41, 5.74) is 0.998. The third-order valence-electron chi connectivity index (χ3n) is 1.90. The van der Waals surface area contributed by atoms with Gasteiger partial charge >= 0.3 is 0 Å². The zero-order chi connectivity index (χ0) is 11.5. The van der Waals surface area contributed by atoms with Crippen molar-refractivity contribution in [2.75, 3.05) is 6.26 Å². The Labute approximate surface area is 88.4 Å². The van der Waals surface area contributed by atoms with Crippen molar-refractivity contribution in [3.8, 4) is 0 Å². The molecule has 1 aromatic heterocycles. The maximum absolute atomic E-state index is 11.2. The van der Waals surface area contributed by atoms with Gasteiger partial charge in [0.2, 0.25) is 0 Å². The van der Waals surface area contributed by atoms with Gasteiger partial charge in [0.1, 0.15) is 0 Å². The first-order valence-corrected chi connectivity index (χ1v) is 6.25. The Morgan fingerprint density at radius 1 is 1.60 bits per heavy atom. The fourth-order valence-corrected chi connectivity index (χ4v) is 1.72. The molecule has 6 heteroatoms. The van der Waals surface area contributed by atoms with Crippen molar-refractivity contribution >= 4 is 15.5 Å². The number of sulfone groups is 1. The summed E-state index contributed by atoms with van der Waals surface area (Å²) in [5.74, 6) is 0. The van der Waals surface area contributed by atoms with E-state index in [4.69, 9.17) is 5.21 Å². The standard InChI is InChI=1S/C9H12N2O3S/c1-3-8(11-12)7-4-5-10-9(6-7)15(2,13)14/h4-6,12H,3H2,1-2H3/b11-8-. The molecule has 0 amide bonds. The fraction of sp³-hybridized carbons (Fsp3) is 0.333. The monoisotopic (exact) mass is 228 g/mol. The van der Waals surface area contributed by atoms with Crippen LogP contribution in [-0.4, -0.2) is 30.6 Å². The zero-order valence-corrected chi connectivity index (χ0v) is 9.32. The highest BCUT2D eigenvalue weighted by atomic mass is 32.2. The minimum Gasteiger partial charge on any atom is -0.411 e. The smallest absolute Gasteiger partial charge is 0.192 e. The molecule has 0 saturated carbocycles. The second-order valence-corrected chi connectivity index (χ2v) is 5.02. The maximum Gasteiger partial charge on any atom is 0.192 e. The topological polar surface area (TPSA) is 79.6 Å². The number of aromatic nitrogens is 1. The molecule has 0 aromatic carbocycles. The van der Waals surface area contributed by atoms with Gasteiger partial charge in [-0.2, -0.15) is 0 Å². The van der Waals surface area contributed by atoms with Gasteiger partial charge in [0.25, 0.3) is 0 Å². The van der Waals surface area contributed by atoms with Crippen LogP contribution in [0, 0.1) is 0 Å². The summed E-state index contributed by atoms with van der Waals surface area (Å²) in [6, 6.07) is 3.00. The molecule has 0 aliphatic carbocycles. The van der Waals surface area contributed by atoms with Gasteiger partial charge in [0.05, 0.1) is 5.71 Å². The number of hydrogen-bond donors (Lipinski definition) is 1. The molecule has 0 aliphatic rings. The van der Waals surface area contributed by atoms with E-state index < -0.39 is 9.84 Å². The van der Waals surface area contributed by atoms with Crippen LogP contribution in [0.25, 0.3) is 0 Å². The largest absolute Gasteiger partial charge is 0.411 e. The van der Waals surface area contributed by atoms with Crippen molar-refractivity contribution in [2.24, 2.45) is 5.16 Å². The van der Waals surface area contributed by atoms with Crippen molar-refractivity contribution in [1.82, 2.24) is 4.98 Å². The molecule has 0 aliphatic heterocycles. The summed E-state index contributed by atoms with van der Waals surface area (Å²) < 4.78 is 22.4. The predicted molar refractivity (Wildman–Crippen MR) is 56.0 cm³/mol. The first kappa shape index (κ1) is 11.6. The maximum atomic E-state index is 11.2. The van der Waals surface area contributed by atoms with E-state index in [-0.39, 0.29) is 5.03 Å². The highest BCUT2D eigenvalue weighted by Crippen LogP contribution is 2.10. The lowest BCUT2D eigenvalue weighted by atomic mass is 10.1. The summed E-state index contributed by atoms with van der Waals surface area (Å²) in [4.78, 5) is 3.74. The molecule has 0 atom stereocenters. The van der Waals surface area contributed by atoms with Crippen LogP contribution < -0.4 is 0 Å². The van der Waals surface area contributed by atoms with Crippen molar-refractivity contribution in [3.63, 3.8) is 0 Å². The summed E-state index contributed by atoms with van der Waals surface area (Å²) in [6.45, 7) is 1.82. The molecule has 1 rings (SSSR count). The minimum atomic E-state index is -3.32. The third kappa shape index (κ3) is 2.76. The predicted octanol–water partition coefficient (Wildman–Crippen LogP) is 1.07. The quantitative estimate of drug-likeness (QED) is 0.477. The van der Waals surface area contributed by atoms with Gasteiger partial charge in [-0.25, -0.2) is 13.4 Å². The lowest BCUT2D eigenvalue weighted by Crippen LogP contribution is -2.05. The van der Waals surface area contributed by atoms with Gasteiger partial charge in [-0.1, -0.05) is 12.1 Å². The van der Waals surface area contributed by atoms with Crippen molar-refractivity contribution < 1.29 is 13.6 Å². The van der Waals surface area contributed by atoms with E-state index in [9.17, 15) is 8.42 Å². The average molecular weight is 228 g/mol. The van der Waals surface area contributed by atoms with Crippen LogP contribution >= 0.6 is 0 Å². The van der Waals surface area contributed by atoms with Gasteiger partial charge in [0.15, 0.2) is 14.9 Å². The molecule has 82 valence electrons. The van der Waals surface area contributed by atoms with Crippen LogP contribution in [0.2, 0.25) is 0 Å². The SMILES string of the molecule is CC/C(=N/O)c1ccnc(S(C)(=O)=O)c1. The lowest BCUT2D eigenvalue weighted by molar-refractivity contribution is 0.318. The number of rotatable bonds is 3. The highest BCUT2D eigenvalue weighted by molar-refractivity contribution is 7.90. The molecule has 0 bridgehead atoms. The van der Waals surface area contributed by atoms with E-state index in [1.54, 1.807) is 6.07 Å². The average Bonchev–Trinajstić information content (AvgIpc) is 2.19. The van der Waals surface area contributed by atoms with Crippen molar-refractivity contribution in [3.05, 3.63) is 23.9 Å². The van der Waals surface area contributed by atoms with E-state index in [2.05, 4.69) is 10.1 Å². The first-order valence-electron chi connectivity index (χ1n) is 4.36. The van der Waals surface area contributed by atoms with E-state index in [1.807, 2.05) is 6.92 Å². The normalized spacial score (nSPS) is 12.8. The Kier molecular flexibility index (Phi) is 3.41. The zero-order valence-electron chi connectivity index (χ0n) is 8.51. The number of nitrogens with zero attached hydrogens (tertiary/aromatic N) is 2. The second kappa shape index (κ2) is 4.39. The Bertz CT molecular complexity index is 480. The minimum absolute atomic E-state index is 0.0189. The number of pyridine rings is 1. The van der Waals surface area contributed by atoms with Gasteiger partial charge < -0.3 is 5.21 Å². The van der Waals surface area contributed by atoms with Crippen LogP contribution in [0.15, 0.2) is 28.5 Å². The molecule has 15 heavy (non-hydrogen) atoms. The van der Waals surface area contributed by atoms with Crippen LogP contribution in [-0.2, 0) is 9.84 Å². The van der Waals surface area contributed by atoms with Gasteiger partial charge in [-0.05, 0) is 18.6 Å². The number of hydrogen-bond acceptors (Lipinski definition) is 5. The van der Waals surface area contributed by atoms with Crippen LogP contribution in [0.3, 0.4) is 0 Å². The molecule has 0 unspecified atom stereocenters. The summed E-state index contributed by atoms with van der Waals surface area (Å²) >= 11 is 0. The van der Waals surface area contributed by atoms with E-state index in [0.717, 1.165) is 6.26 Å². The van der Waals surface area contributed by atoms with E-state index in [1.165, 1.54) is 12.3 Å². The molecule has 5 nitrogen and oxygen atoms in total. The van der Waals surface area contributed by atoms with Crippen LogP contribution in [0.4, 0.5) is 0 Å². The second-order valence-electron chi connectivity index (χ2n) is 3.06. The molecular weight excluding hydrogens is 216 g/mol. The Morgan fingerprint density at radius 2 is 2.27 bits per heavy atom. The lowest BCUT2D eigenvalue weighted by Gasteiger charge is -2.02. The highest BCUT2D eigenvalue weighted by Gasteiger charge is 2.11. The van der Waals surface area contributed by atoms with E-state index in [0.29, 0.717) is 17.7 Å². The molecule has 0 saturated heterocycles. The number of oxime groups is 1. The molecular formula is C9H12N2O3S. The van der Waals surface area contributed by atoms with Crippen LogP contribution in [0.1, 0.15) is 18.9 Å². The Hall–Kier alpha value is -1.43. The molecule has 0 radical (unpaired) electrons. The molecule has 1 heterocycles. The Morgan fingerprint density at radius 3 is 2.73 bits per heavy atom. The molecule has 1 aromatic rings. The van der Waals surface area contributed by atoms with Crippen molar-refractivity contribution in [2.45, 2.75) is 18.4 Å². The summed E-state index contributed by atoms with van der Waals surface area (Å²) in [6.07, 6.45) is 2.98. The van der Waals surface area contributed by atoms with Crippen LogP contribution in [0.5, 0.6) is 0 Å². The summed E-state index contributed by atoms with van der Waals surface area (Å²) in [5, 5.41) is 11.8. The van der Waals surface area contributed by atoms with Gasteiger partial charge in [-0.15, -0.1) is 0 Å². The van der Waals surface area contributed by atoms with Crippen molar-refractivity contribution in [1.29, 1.82) is 0 Å².